The molecule has 25 heavy (non-hydrogen) atoms. The molecule has 8 heteroatoms. The van der Waals surface area contributed by atoms with Crippen LogP contribution in [0, 0.1) is 11.7 Å². The topological polar surface area (TPSA) is 66.8 Å². The maximum Gasteiger partial charge on any atom is 0.250 e. The van der Waals surface area contributed by atoms with Crippen molar-refractivity contribution in [2.75, 3.05) is 11.5 Å². The van der Waals surface area contributed by atoms with Gasteiger partial charge in [0.05, 0.1) is 17.5 Å². The molecular formula is C17H21FN2O3S2. The largest absolute Gasteiger partial charge is 0.342 e. The minimum Gasteiger partial charge on any atom is -0.342 e. The quantitative estimate of drug-likeness (QED) is 0.798. The molecule has 0 aromatic heterocycles. The van der Waals surface area contributed by atoms with E-state index in [2.05, 4.69) is 4.99 Å². The van der Waals surface area contributed by atoms with Crippen molar-refractivity contribution in [3.8, 4) is 0 Å². The first-order valence-electron chi connectivity index (χ1n) is 8.29. The Morgan fingerprint density at radius 1 is 1.36 bits per heavy atom. The van der Waals surface area contributed by atoms with Gasteiger partial charge in [-0.25, -0.2) is 12.8 Å². The van der Waals surface area contributed by atoms with Gasteiger partial charge in [0, 0.05) is 17.7 Å². The molecule has 1 aromatic rings. The van der Waals surface area contributed by atoms with Crippen molar-refractivity contribution in [1.29, 1.82) is 0 Å². The van der Waals surface area contributed by atoms with Crippen LogP contribution >= 0.6 is 11.8 Å². The molecule has 3 rings (SSSR count). The van der Waals surface area contributed by atoms with Gasteiger partial charge in [0.2, 0.25) is 0 Å². The van der Waals surface area contributed by atoms with Crippen molar-refractivity contribution < 1.29 is 17.6 Å². The standard InChI is InChI=1S/C17H21FN2O3S2/c1-3-11(2)16(21)19-17-20(8-12-4-6-13(18)7-5-12)14-9-25(22,23)10-15(14)24-17/h4-7,11,14-15H,3,8-10H2,1-2H3/t11-,14-,15+/m1/s1. The summed E-state index contributed by atoms with van der Waals surface area (Å²) in [6.45, 7) is 4.18. The number of amides is 1. The Hall–Kier alpha value is -1.41. The van der Waals surface area contributed by atoms with E-state index in [1.165, 1.54) is 23.9 Å². The number of carbonyl (C=O) groups excluding carboxylic acids is 1. The lowest BCUT2D eigenvalue weighted by atomic mass is 10.1. The smallest absolute Gasteiger partial charge is 0.250 e. The van der Waals surface area contributed by atoms with E-state index < -0.39 is 9.84 Å². The maximum atomic E-state index is 13.1. The van der Waals surface area contributed by atoms with Gasteiger partial charge in [-0.15, -0.1) is 0 Å². The van der Waals surface area contributed by atoms with Crippen LogP contribution < -0.4 is 0 Å². The SMILES string of the molecule is CC[C@@H](C)C(=O)N=C1S[C@H]2CS(=O)(=O)C[C@H]2N1Cc1ccc(F)cc1. The molecule has 0 bridgehead atoms. The summed E-state index contributed by atoms with van der Waals surface area (Å²) in [5.74, 6) is -0.482. The molecule has 0 radical (unpaired) electrons. The van der Waals surface area contributed by atoms with Gasteiger partial charge < -0.3 is 4.90 Å². The van der Waals surface area contributed by atoms with Crippen LogP contribution in [0.15, 0.2) is 29.3 Å². The zero-order valence-corrected chi connectivity index (χ0v) is 15.8. The van der Waals surface area contributed by atoms with E-state index >= 15 is 0 Å². The highest BCUT2D eigenvalue weighted by atomic mass is 32.2. The fourth-order valence-corrected chi connectivity index (χ4v) is 6.94. The zero-order valence-electron chi connectivity index (χ0n) is 14.2. The lowest BCUT2D eigenvalue weighted by molar-refractivity contribution is -0.121. The molecule has 1 amide bonds. The Morgan fingerprint density at radius 2 is 2.04 bits per heavy atom. The van der Waals surface area contributed by atoms with Gasteiger partial charge >= 0.3 is 0 Å². The van der Waals surface area contributed by atoms with Crippen LogP contribution in [-0.4, -0.2) is 47.2 Å². The second-order valence-electron chi connectivity index (χ2n) is 6.60. The van der Waals surface area contributed by atoms with E-state index in [0.29, 0.717) is 18.1 Å². The Kier molecular flexibility index (Phi) is 5.20. The average molecular weight is 384 g/mol. The van der Waals surface area contributed by atoms with Crippen LogP contribution in [-0.2, 0) is 21.2 Å². The number of carbonyl (C=O) groups is 1. The summed E-state index contributed by atoms with van der Waals surface area (Å²) in [4.78, 5) is 18.4. The number of hydrogen-bond acceptors (Lipinski definition) is 4. The fraction of sp³-hybridized carbons (Fsp3) is 0.529. The Labute approximate surface area is 151 Å². The number of amidine groups is 1. The second kappa shape index (κ2) is 7.07. The van der Waals surface area contributed by atoms with Gasteiger partial charge in [-0.2, -0.15) is 4.99 Å². The van der Waals surface area contributed by atoms with E-state index in [1.54, 1.807) is 12.1 Å². The van der Waals surface area contributed by atoms with Crippen LogP contribution in [0.25, 0.3) is 0 Å². The number of sulfone groups is 1. The monoisotopic (exact) mass is 384 g/mol. The predicted octanol–water partition coefficient (Wildman–Crippen LogP) is 2.47. The Bertz CT molecular complexity index is 793. The van der Waals surface area contributed by atoms with Crippen molar-refractivity contribution in [2.45, 2.75) is 38.1 Å². The zero-order chi connectivity index (χ0) is 18.2. The molecule has 2 heterocycles. The van der Waals surface area contributed by atoms with Gasteiger partial charge in [-0.1, -0.05) is 37.7 Å². The van der Waals surface area contributed by atoms with Crippen LogP contribution in [0.2, 0.25) is 0 Å². The molecular weight excluding hydrogens is 363 g/mol. The number of thioether (sulfide) groups is 1. The third-order valence-corrected chi connectivity index (χ3v) is 7.93. The number of nitrogens with zero attached hydrogens (tertiary/aromatic N) is 2. The van der Waals surface area contributed by atoms with E-state index in [0.717, 1.165) is 5.56 Å². The first kappa shape index (κ1) is 18.4. The number of rotatable bonds is 4. The van der Waals surface area contributed by atoms with E-state index in [4.69, 9.17) is 0 Å². The molecule has 0 N–H and O–H groups in total. The first-order valence-corrected chi connectivity index (χ1v) is 11.0. The van der Waals surface area contributed by atoms with Crippen LogP contribution in [0.1, 0.15) is 25.8 Å². The minimum absolute atomic E-state index is 0.0718. The summed E-state index contributed by atoms with van der Waals surface area (Å²) >= 11 is 1.37. The molecule has 3 atom stereocenters. The molecule has 2 aliphatic rings. The summed E-state index contributed by atoms with van der Waals surface area (Å²) < 4.78 is 37.1. The summed E-state index contributed by atoms with van der Waals surface area (Å²) in [6.07, 6.45) is 0.708. The number of halogens is 1. The fourth-order valence-electron chi connectivity index (χ4n) is 2.99. The highest BCUT2D eigenvalue weighted by Crippen LogP contribution is 2.39. The van der Waals surface area contributed by atoms with Crippen molar-refractivity contribution in [2.24, 2.45) is 10.9 Å². The van der Waals surface area contributed by atoms with Gasteiger partial charge in [-0.05, 0) is 24.1 Å². The lowest BCUT2D eigenvalue weighted by Gasteiger charge is -2.24. The molecule has 2 fully saturated rings. The highest BCUT2D eigenvalue weighted by Gasteiger charge is 2.48. The van der Waals surface area contributed by atoms with E-state index in [-0.39, 0.29) is 40.4 Å². The molecule has 2 aliphatic heterocycles. The van der Waals surface area contributed by atoms with Gasteiger partial charge in [0.25, 0.3) is 5.91 Å². The van der Waals surface area contributed by atoms with E-state index in [1.807, 2.05) is 18.7 Å². The number of benzene rings is 1. The summed E-state index contributed by atoms with van der Waals surface area (Å²) in [5, 5.41) is 0.480. The molecule has 5 nitrogen and oxygen atoms in total. The minimum atomic E-state index is -3.07. The predicted molar refractivity (Wildman–Crippen MR) is 97.7 cm³/mol. The highest BCUT2D eigenvalue weighted by molar-refractivity contribution is 8.15. The summed E-state index contributed by atoms with van der Waals surface area (Å²) in [6, 6.07) is 5.91. The number of fused-ring (bicyclic) bond motifs is 1. The molecule has 0 saturated carbocycles. The molecule has 136 valence electrons. The molecule has 1 aromatic carbocycles. The van der Waals surface area contributed by atoms with E-state index in [9.17, 15) is 17.6 Å². The van der Waals surface area contributed by atoms with Gasteiger partial charge in [0.1, 0.15) is 5.82 Å². The van der Waals surface area contributed by atoms with Crippen molar-refractivity contribution in [3.63, 3.8) is 0 Å². The maximum absolute atomic E-state index is 13.1. The van der Waals surface area contributed by atoms with Crippen molar-refractivity contribution in [3.05, 3.63) is 35.6 Å². The second-order valence-corrected chi connectivity index (χ2v) is 9.96. The number of aliphatic imine (C=N–C) groups is 1. The van der Waals surface area contributed by atoms with Gasteiger partial charge in [0.15, 0.2) is 15.0 Å². The number of hydrogen-bond donors (Lipinski definition) is 0. The average Bonchev–Trinajstić information content (AvgIpc) is 3.01. The molecule has 0 spiro atoms. The van der Waals surface area contributed by atoms with Crippen LogP contribution in [0.3, 0.4) is 0 Å². The van der Waals surface area contributed by atoms with Crippen molar-refractivity contribution in [1.82, 2.24) is 4.90 Å². The van der Waals surface area contributed by atoms with Gasteiger partial charge in [-0.3, -0.25) is 4.79 Å². The normalized spacial score (nSPS) is 27.5. The molecule has 0 unspecified atom stereocenters. The summed E-state index contributed by atoms with van der Waals surface area (Å²) in [7, 11) is -3.07. The van der Waals surface area contributed by atoms with Crippen LogP contribution in [0.4, 0.5) is 4.39 Å². The third-order valence-electron chi connectivity index (χ3n) is 4.68. The Balaban J connectivity index is 1.88. The molecule has 2 saturated heterocycles. The lowest BCUT2D eigenvalue weighted by Crippen LogP contribution is -2.37. The Morgan fingerprint density at radius 3 is 2.68 bits per heavy atom. The van der Waals surface area contributed by atoms with Crippen molar-refractivity contribution >= 4 is 32.7 Å². The first-order chi connectivity index (χ1) is 11.8. The van der Waals surface area contributed by atoms with Crippen LogP contribution in [0.5, 0.6) is 0 Å². The summed E-state index contributed by atoms with van der Waals surface area (Å²) in [5.41, 5.74) is 0.857. The molecule has 0 aliphatic carbocycles. The third kappa shape index (κ3) is 4.06.